The van der Waals surface area contributed by atoms with Crippen LogP contribution in [0.25, 0.3) is 0 Å². The number of fused-ring (bicyclic) bond motifs is 1. The Kier molecular flexibility index (Phi) is 3.76. The van der Waals surface area contributed by atoms with Crippen molar-refractivity contribution in [3.05, 3.63) is 64.2 Å². The fourth-order valence-electron chi connectivity index (χ4n) is 2.33. The maximum absolute atomic E-state index is 12.3. The largest absolute Gasteiger partial charge is 0.482 e. The third-order valence-electron chi connectivity index (χ3n) is 3.51. The minimum Gasteiger partial charge on any atom is -0.482 e. The molecule has 0 atom stereocenters. The molecule has 0 bridgehead atoms. The van der Waals surface area contributed by atoms with Gasteiger partial charge in [-0.05, 0) is 24.3 Å². The van der Waals surface area contributed by atoms with Crippen molar-refractivity contribution in [3.8, 4) is 5.75 Å². The summed E-state index contributed by atoms with van der Waals surface area (Å²) in [6, 6.07) is 12.3. The fraction of sp³-hybridized carbons (Fsp3) is 0.125. The number of rotatable bonds is 4. The number of carbonyl (C=O) groups is 2. The van der Waals surface area contributed by atoms with Crippen LogP contribution in [0, 0.1) is 10.1 Å². The summed E-state index contributed by atoms with van der Waals surface area (Å²) in [7, 11) is 0. The van der Waals surface area contributed by atoms with Crippen molar-refractivity contribution in [1.29, 1.82) is 0 Å². The number of ketones is 1. The summed E-state index contributed by atoms with van der Waals surface area (Å²) in [4.78, 5) is 35.8. The predicted octanol–water partition coefficient (Wildman–Crippen LogP) is 2.20. The van der Waals surface area contributed by atoms with Crippen LogP contribution in [0.4, 0.5) is 11.4 Å². The van der Waals surface area contributed by atoms with Gasteiger partial charge in [-0.3, -0.25) is 24.6 Å². The van der Waals surface area contributed by atoms with Gasteiger partial charge in [0.2, 0.25) is 0 Å². The van der Waals surface area contributed by atoms with Gasteiger partial charge >= 0.3 is 0 Å². The lowest BCUT2D eigenvalue weighted by molar-refractivity contribution is -0.384. The van der Waals surface area contributed by atoms with E-state index < -0.39 is 4.92 Å². The normalized spacial score (nSPS) is 13.2. The number of hydrogen-bond acceptors (Lipinski definition) is 5. The summed E-state index contributed by atoms with van der Waals surface area (Å²) >= 11 is 0. The highest BCUT2D eigenvalue weighted by Gasteiger charge is 2.27. The SMILES string of the molecule is O=C(CN1C(=O)COc2ccccc21)c1ccc([N+](=O)[O-])cc1. The monoisotopic (exact) mass is 312 g/mol. The molecule has 0 aliphatic carbocycles. The van der Waals surface area contributed by atoms with Gasteiger partial charge in [0.25, 0.3) is 11.6 Å². The van der Waals surface area contributed by atoms with E-state index in [0.717, 1.165) is 0 Å². The van der Waals surface area contributed by atoms with Crippen LogP contribution in [0.2, 0.25) is 0 Å². The first-order chi connectivity index (χ1) is 11.1. The van der Waals surface area contributed by atoms with Gasteiger partial charge in [-0.25, -0.2) is 0 Å². The molecule has 116 valence electrons. The molecule has 0 aromatic heterocycles. The van der Waals surface area contributed by atoms with Gasteiger partial charge in [-0.1, -0.05) is 12.1 Å². The lowest BCUT2D eigenvalue weighted by atomic mass is 10.1. The average Bonchev–Trinajstić information content (AvgIpc) is 2.57. The Bertz CT molecular complexity index is 785. The molecule has 0 spiro atoms. The fourth-order valence-corrected chi connectivity index (χ4v) is 2.33. The van der Waals surface area contributed by atoms with E-state index in [1.54, 1.807) is 24.3 Å². The molecule has 2 aromatic carbocycles. The van der Waals surface area contributed by atoms with Crippen LogP contribution in [0.5, 0.6) is 5.75 Å². The van der Waals surface area contributed by atoms with Crippen LogP contribution in [0.1, 0.15) is 10.4 Å². The number of nitrogens with zero attached hydrogens (tertiary/aromatic N) is 2. The van der Waals surface area contributed by atoms with E-state index in [1.807, 2.05) is 0 Å². The van der Waals surface area contributed by atoms with E-state index >= 15 is 0 Å². The number of anilines is 1. The van der Waals surface area contributed by atoms with Crippen LogP contribution in [0.3, 0.4) is 0 Å². The Labute approximate surface area is 131 Å². The van der Waals surface area contributed by atoms with Gasteiger partial charge in [0.1, 0.15) is 5.75 Å². The highest BCUT2D eigenvalue weighted by molar-refractivity contribution is 6.07. The Balaban J connectivity index is 1.82. The Morgan fingerprint density at radius 2 is 1.87 bits per heavy atom. The zero-order valence-corrected chi connectivity index (χ0v) is 12.0. The molecule has 1 aliphatic rings. The van der Waals surface area contributed by atoms with Crippen LogP contribution in [-0.2, 0) is 4.79 Å². The summed E-state index contributed by atoms with van der Waals surface area (Å²) in [5.74, 6) is -0.0625. The van der Waals surface area contributed by atoms with E-state index in [1.165, 1.54) is 29.2 Å². The zero-order chi connectivity index (χ0) is 16.4. The highest BCUT2D eigenvalue weighted by atomic mass is 16.6. The number of benzene rings is 2. The molecule has 0 fully saturated rings. The summed E-state index contributed by atoms with van der Waals surface area (Å²) in [6.45, 7) is -0.262. The molecular formula is C16H12N2O5. The van der Waals surface area contributed by atoms with Crippen LogP contribution < -0.4 is 9.64 Å². The van der Waals surface area contributed by atoms with E-state index in [0.29, 0.717) is 17.0 Å². The Morgan fingerprint density at radius 3 is 2.57 bits per heavy atom. The summed E-state index contributed by atoms with van der Waals surface area (Å²) in [5, 5.41) is 10.6. The number of hydrogen-bond donors (Lipinski definition) is 0. The number of nitro benzene ring substituents is 1. The summed E-state index contributed by atoms with van der Waals surface area (Å²) < 4.78 is 5.32. The Morgan fingerprint density at radius 1 is 1.17 bits per heavy atom. The molecule has 1 aliphatic heterocycles. The molecule has 1 amide bonds. The highest BCUT2D eigenvalue weighted by Crippen LogP contribution is 2.31. The molecule has 0 saturated heterocycles. The van der Waals surface area contributed by atoms with Crippen molar-refractivity contribution in [2.75, 3.05) is 18.1 Å². The van der Waals surface area contributed by atoms with Gasteiger partial charge in [-0.2, -0.15) is 0 Å². The van der Waals surface area contributed by atoms with Crippen molar-refractivity contribution in [1.82, 2.24) is 0 Å². The standard InChI is InChI=1S/C16H12N2O5/c19-14(11-5-7-12(8-6-11)18(21)22)9-17-13-3-1-2-4-15(13)23-10-16(17)20/h1-8H,9-10H2. The second-order valence-electron chi connectivity index (χ2n) is 4.96. The molecule has 1 heterocycles. The second kappa shape index (κ2) is 5.88. The number of Topliss-reactive ketones (excluding diaryl/α,β-unsaturated/α-hetero) is 1. The molecular weight excluding hydrogens is 300 g/mol. The number of amides is 1. The summed E-state index contributed by atoms with van der Waals surface area (Å²) in [6.07, 6.45) is 0. The molecule has 0 saturated carbocycles. The van der Waals surface area contributed by atoms with Crippen molar-refractivity contribution in [2.24, 2.45) is 0 Å². The minimum atomic E-state index is -0.532. The minimum absolute atomic E-state index is 0.0886. The number of nitro groups is 1. The number of para-hydroxylation sites is 2. The van der Waals surface area contributed by atoms with Gasteiger partial charge in [0.05, 0.1) is 17.2 Å². The van der Waals surface area contributed by atoms with E-state index in [9.17, 15) is 19.7 Å². The van der Waals surface area contributed by atoms with Crippen molar-refractivity contribution < 1.29 is 19.2 Å². The lowest BCUT2D eigenvalue weighted by Crippen LogP contribution is -2.41. The van der Waals surface area contributed by atoms with Crippen molar-refractivity contribution >= 4 is 23.1 Å². The average molecular weight is 312 g/mol. The van der Waals surface area contributed by atoms with Gasteiger partial charge in [0, 0.05) is 17.7 Å². The maximum atomic E-state index is 12.3. The number of non-ortho nitro benzene ring substituents is 1. The molecule has 7 nitrogen and oxygen atoms in total. The van der Waals surface area contributed by atoms with Crippen LogP contribution in [0.15, 0.2) is 48.5 Å². The Hall–Kier alpha value is -3.22. The first-order valence-electron chi connectivity index (χ1n) is 6.86. The molecule has 0 radical (unpaired) electrons. The first kappa shape index (κ1) is 14.7. The zero-order valence-electron chi connectivity index (χ0n) is 12.0. The molecule has 0 unspecified atom stereocenters. The maximum Gasteiger partial charge on any atom is 0.269 e. The lowest BCUT2D eigenvalue weighted by Gasteiger charge is -2.28. The van der Waals surface area contributed by atoms with E-state index in [-0.39, 0.29) is 30.5 Å². The third kappa shape index (κ3) is 2.89. The molecule has 2 aromatic rings. The van der Waals surface area contributed by atoms with Crippen LogP contribution in [-0.4, -0.2) is 29.8 Å². The molecule has 7 heteroatoms. The second-order valence-corrected chi connectivity index (χ2v) is 4.96. The topological polar surface area (TPSA) is 89.8 Å². The quantitative estimate of drug-likeness (QED) is 0.490. The first-order valence-corrected chi connectivity index (χ1v) is 6.86. The van der Waals surface area contributed by atoms with Gasteiger partial charge < -0.3 is 4.74 Å². The number of ether oxygens (including phenoxy) is 1. The van der Waals surface area contributed by atoms with Gasteiger partial charge in [0.15, 0.2) is 12.4 Å². The third-order valence-corrected chi connectivity index (χ3v) is 3.51. The number of carbonyl (C=O) groups excluding carboxylic acids is 2. The predicted molar refractivity (Wildman–Crippen MR) is 81.7 cm³/mol. The van der Waals surface area contributed by atoms with Crippen molar-refractivity contribution in [2.45, 2.75) is 0 Å². The van der Waals surface area contributed by atoms with E-state index in [4.69, 9.17) is 4.74 Å². The van der Waals surface area contributed by atoms with E-state index in [2.05, 4.69) is 0 Å². The molecule has 23 heavy (non-hydrogen) atoms. The van der Waals surface area contributed by atoms with Crippen molar-refractivity contribution in [3.63, 3.8) is 0 Å². The summed E-state index contributed by atoms with van der Waals surface area (Å²) in [5.41, 5.74) is 0.765. The smallest absolute Gasteiger partial charge is 0.269 e. The van der Waals surface area contributed by atoms with Gasteiger partial charge in [-0.15, -0.1) is 0 Å². The van der Waals surface area contributed by atoms with Crippen LogP contribution >= 0.6 is 0 Å². The molecule has 3 rings (SSSR count). The molecule has 0 N–H and O–H groups in total.